The molecule has 0 radical (unpaired) electrons. The summed E-state index contributed by atoms with van der Waals surface area (Å²) in [6, 6.07) is 7.16. The minimum Gasteiger partial charge on any atom is -0.508 e. The molecule has 2 rings (SSSR count). The average Bonchev–Trinajstić information content (AvgIpc) is 2.68. The van der Waals surface area contributed by atoms with Gasteiger partial charge in [0, 0.05) is 6.54 Å². The van der Waals surface area contributed by atoms with Gasteiger partial charge in [-0.05, 0) is 24.1 Å². The van der Waals surface area contributed by atoms with Gasteiger partial charge in [0.1, 0.15) is 11.6 Å². The van der Waals surface area contributed by atoms with E-state index in [0.717, 1.165) is 24.2 Å². The van der Waals surface area contributed by atoms with Crippen molar-refractivity contribution in [2.75, 3.05) is 17.6 Å². The van der Waals surface area contributed by atoms with Crippen molar-refractivity contribution >= 4 is 11.5 Å². The number of hydrogen-bond acceptors (Lipinski definition) is 4. The number of aromatic hydroxyl groups is 1. The molecule has 5 N–H and O–H groups in total. The lowest BCUT2D eigenvalue weighted by Gasteiger charge is -2.04. The van der Waals surface area contributed by atoms with Gasteiger partial charge < -0.3 is 16.2 Å². The molecule has 0 spiro atoms. The lowest BCUT2D eigenvalue weighted by molar-refractivity contribution is 0.475. The molecular formula is C11H14N4O. The number of aromatic amines is 1. The van der Waals surface area contributed by atoms with Crippen molar-refractivity contribution in [3.05, 3.63) is 36.0 Å². The average molecular weight is 218 g/mol. The Hall–Kier alpha value is -2.17. The van der Waals surface area contributed by atoms with Gasteiger partial charge in [-0.3, -0.25) is 5.10 Å². The standard InChI is InChI=1S/C11H14N4O/c12-11-10(7-14-15-11)13-6-5-8-1-3-9(16)4-2-8/h1-4,7,13,16H,5-6H2,(H3,12,14,15). The van der Waals surface area contributed by atoms with E-state index in [9.17, 15) is 0 Å². The summed E-state index contributed by atoms with van der Waals surface area (Å²) in [5.74, 6) is 0.835. The molecule has 1 aromatic carbocycles. The molecule has 0 aliphatic carbocycles. The number of nitrogens with zero attached hydrogens (tertiary/aromatic N) is 1. The van der Waals surface area contributed by atoms with Crippen LogP contribution in [0.15, 0.2) is 30.5 Å². The molecule has 0 fully saturated rings. The highest BCUT2D eigenvalue weighted by atomic mass is 16.3. The Morgan fingerprint density at radius 3 is 2.69 bits per heavy atom. The fraction of sp³-hybridized carbons (Fsp3) is 0.182. The third kappa shape index (κ3) is 2.44. The fourth-order valence-corrected chi connectivity index (χ4v) is 1.44. The molecule has 0 amide bonds. The number of phenols is 1. The zero-order chi connectivity index (χ0) is 11.4. The maximum atomic E-state index is 9.12. The summed E-state index contributed by atoms with van der Waals surface area (Å²) in [4.78, 5) is 0. The second-order valence-corrected chi connectivity index (χ2v) is 3.54. The van der Waals surface area contributed by atoms with Crippen LogP contribution in [0.4, 0.5) is 11.5 Å². The Morgan fingerprint density at radius 2 is 2.06 bits per heavy atom. The summed E-state index contributed by atoms with van der Waals surface area (Å²) in [5.41, 5.74) is 7.60. The molecule has 1 aromatic heterocycles. The van der Waals surface area contributed by atoms with Crippen LogP contribution >= 0.6 is 0 Å². The second kappa shape index (κ2) is 4.57. The van der Waals surface area contributed by atoms with Gasteiger partial charge >= 0.3 is 0 Å². The molecule has 84 valence electrons. The van der Waals surface area contributed by atoms with Crippen LogP contribution in [0, 0.1) is 0 Å². The fourth-order valence-electron chi connectivity index (χ4n) is 1.44. The van der Waals surface area contributed by atoms with Crippen LogP contribution in [0.2, 0.25) is 0 Å². The van der Waals surface area contributed by atoms with E-state index in [2.05, 4.69) is 15.5 Å². The highest BCUT2D eigenvalue weighted by Crippen LogP contribution is 2.13. The highest BCUT2D eigenvalue weighted by molar-refractivity contribution is 5.59. The Balaban J connectivity index is 1.84. The van der Waals surface area contributed by atoms with Gasteiger partial charge in [0.25, 0.3) is 0 Å². The third-order valence-electron chi connectivity index (χ3n) is 2.33. The monoisotopic (exact) mass is 218 g/mol. The first kappa shape index (κ1) is 10.4. The maximum absolute atomic E-state index is 9.12. The molecule has 0 aliphatic rings. The molecule has 16 heavy (non-hydrogen) atoms. The minimum atomic E-state index is 0.288. The molecule has 0 aliphatic heterocycles. The summed E-state index contributed by atoms with van der Waals surface area (Å²) in [5, 5.41) is 18.8. The van der Waals surface area contributed by atoms with E-state index in [1.54, 1.807) is 18.3 Å². The van der Waals surface area contributed by atoms with Crippen LogP contribution in [0.25, 0.3) is 0 Å². The summed E-state index contributed by atoms with van der Waals surface area (Å²) in [7, 11) is 0. The van der Waals surface area contributed by atoms with E-state index in [1.807, 2.05) is 12.1 Å². The second-order valence-electron chi connectivity index (χ2n) is 3.54. The molecule has 0 atom stereocenters. The number of nitrogens with one attached hydrogen (secondary N) is 2. The highest BCUT2D eigenvalue weighted by Gasteiger charge is 1.99. The number of hydrogen-bond donors (Lipinski definition) is 4. The van der Waals surface area contributed by atoms with E-state index in [1.165, 1.54) is 0 Å². The first-order valence-electron chi connectivity index (χ1n) is 5.06. The van der Waals surface area contributed by atoms with Gasteiger partial charge in [-0.25, -0.2) is 0 Å². The molecular weight excluding hydrogens is 204 g/mol. The Labute approximate surface area is 93.3 Å². The van der Waals surface area contributed by atoms with Crippen molar-refractivity contribution in [1.82, 2.24) is 10.2 Å². The smallest absolute Gasteiger partial charge is 0.142 e. The van der Waals surface area contributed by atoms with Crippen molar-refractivity contribution < 1.29 is 5.11 Å². The van der Waals surface area contributed by atoms with Crippen LogP contribution in [0.5, 0.6) is 5.75 Å². The number of rotatable bonds is 4. The van der Waals surface area contributed by atoms with Gasteiger partial charge in [-0.15, -0.1) is 0 Å². The summed E-state index contributed by atoms with van der Waals surface area (Å²) in [6.07, 6.45) is 2.52. The lowest BCUT2D eigenvalue weighted by atomic mass is 10.1. The number of aromatic nitrogens is 2. The largest absolute Gasteiger partial charge is 0.508 e. The molecule has 0 unspecified atom stereocenters. The first-order valence-corrected chi connectivity index (χ1v) is 5.06. The van der Waals surface area contributed by atoms with Crippen molar-refractivity contribution in [3.8, 4) is 5.75 Å². The van der Waals surface area contributed by atoms with Crippen LogP contribution in [0.1, 0.15) is 5.56 Å². The van der Waals surface area contributed by atoms with E-state index < -0.39 is 0 Å². The van der Waals surface area contributed by atoms with Gasteiger partial charge in [0.2, 0.25) is 0 Å². The van der Waals surface area contributed by atoms with E-state index in [-0.39, 0.29) is 5.75 Å². The maximum Gasteiger partial charge on any atom is 0.142 e. The quantitative estimate of drug-likeness (QED) is 0.624. The predicted octanol–water partition coefficient (Wildman–Crippen LogP) is 1.35. The minimum absolute atomic E-state index is 0.288. The third-order valence-corrected chi connectivity index (χ3v) is 2.33. The molecule has 0 bridgehead atoms. The van der Waals surface area contributed by atoms with Gasteiger partial charge in [-0.2, -0.15) is 5.10 Å². The summed E-state index contributed by atoms with van der Waals surface area (Å²) in [6.45, 7) is 0.772. The Bertz CT molecular complexity index is 449. The number of benzene rings is 1. The number of H-pyrrole nitrogens is 1. The zero-order valence-corrected chi connectivity index (χ0v) is 8.77. The van der Waals surface area contributed by atoms with Gasteiger partial charge in [0.05, 0.1) is 11.9 Å². The van der Waals surface area contributed by atoms with Crippen LogP contribution in [0.3, 0.4) is 0 Å². The van der Waals surface area contributed by atoms with Gasteiger partial charge in [-0.1, -0.05) is 12.1 Å². The van der Waals surface area contributed by atoms with Crippen molar-refractivity contribution in [2.45, 2.75) is 6.42 Å². The molecule has 5 heteroatoms. The summed E-state index contributed by atoms with van der Waals surface area (Å²) < 4.78 is 0. The number of nitrogens with two attached hydrogens (primary N) is 1. The normalized spacial score (nSPS) is 10.2. The zero-order valence-electron chi connectivity index (χ0n) is 8.77. The molecule has 0 saturated heterocycles. The summed E-state index contributed by atoms with van der Waals surface area (Å²) >= 11 is 0. The SMILES string of the molecule is Nc1[nH]ncc1NCCc1ccc(O)cc1. The van der Waals surface area contributed by atoms with Crippen molar-refractivity contribution in [2.24, 2.45) is 0 Å². The van der Waals surface area contributed by atoms with Gasteiger partial charge in [0.15, 0.2) is 0 Å². The number of nitrogen functional groups attached to an aromatic ring is 1. The molecule has 5 nitrogen and oxygen atoms in total. The molecule has 0 saturated carbocycles. The topological polar surface area (TPSA) is 87.0 Å². The van der Waals surface area contributed by atoms with Crippen molar-refractivity contribution in [1.29, 1.82) is 0 Å². The lowest BCUT2D eigenvalue weighted by Crippen LogP contribution is -2.05. The van der Waals surface area contributed by atoms with Crippen LogP contribution in [-0.4, -0.2) is 21.8 Å². The van der Waals surface area contributed by atoms with E-state index in [0.29, 0.717) is 5.82 Å². The predicted molar refractivity (Wildman–Crippen MR) is 63.3 cm³/mol. The van der Waals surface area contributed by atoms with Crippen LogP contribution in [-0.2, 0) is 6.42 Å². The molecule has 1 heterocycles. The Kier molecular flexibility index (Phi) is 2.95. The molecule has 2 aromatic rings. The van der Waals surface area contributed by atoms with E-state index >= 15 is 0 Å². The first-order chi connectivity index (χ1) is 7.75. The number of anilines is 2. The van der Waals surface area contributed by atoms with Crippen LogP contribution < -0.4 is 11.1 Å². The van der Waals surface area contributed by atoms with E-state index in [4.69, 9.17) is 10.8 Å². The Morgan fingerprint density at radius 1 is 1.31 bits per heavy atom. The number of phenolic OH excluding ortho intramolecular Hbond substituents is 1. The van der Waals surface area contributed by atoms with Crippen molar-refractivity contribution in [3.63, 3.8) is 0 Å².